The minimum atomic E-state index is -1.36. The van der Waals surface area contributed by atoms with E-state index in [1.807, 2.05) is 0 Å². The van der Waals surface area contributed by atoms with Crippen LogP contribution in [0.5, 0.6) is 0 Å². The maximum absolute atomic E-state index is 12.7. The zero-order chi connectivity index (χ0) is 17.3. The number of benzene rings is 1. The molecule has 122 valence electrons. The van der Waals surface area contributed by atoms with Crippen LogP contribution in [0.1, 0.15) is 21.6 Å². The van der Waals surface area contributed by atoms with Gasteiger partial charge in [-0.15, -0.1) is 0 Å². The van der Waals surface area contributed by atoms with Crippen LogP contribution in [0.4, 0.5) is 0 Å². The SMILES string of the molecule is Cc1ccc(Cl)cc1-n1c(=O)[nH]c(C(=O)O)c(CN(C)C)c1=O. The maximum atomic E-state index is 12.7. The second-order valence-electron chi connectivity index (χ2n) is 5.40. The number of carboxylic acids is 1. The summed E-state index contributed by atoms with van der Waals surface area (Å²) < 4.78 is 0.909. The number of H-pyrrole nitrogens is 1. The Morgan fingerprint density at radius 2 is 2.00 bits per heavy atom. The highest BCUT2D eigenvalue weighted by atomic mass is 35.5. The van der Waals surface area contributed by atoms with Gasteiger partial charge in [-0.05, 0) is 38.7 Å². The molecular formula is C15H16ClN3O4. The predicted octanol–water partition coefficient (Wildman–Crippen LogP) is 1.25. The molecule has 2 rings (SSSR count). The maximum Gasteiger partial charge on any atom is 0.352 e. The molecule has 23 heavy (non-hydrogen) atoms. The van der Waals surface area contributed by atoms with E-state index < -0.39 is 22.9 Å². The Balaban J connectivity index is 2.85. The first kappa shape index (κ1) is 17.0. The minimum absolute atomic E-state index is 0.00137. The molecule has 0 fully saturated rings. The van der Waals surface area contributed by atoms with Gasteiger partial charge in [0.25, 0.3) is 5.56 Å². The zero-order valence-electron chi connectivity index (χ0n) is 12.9. The van der Waals surface area contributed by atoms with E-state index in [1.165, 1.54) is 6.07 Å². The van der Waals surface area contributed by atoms with Crippen molar-refractivity contribution in [3.63, 3.8) is 0 Å². The van der Waals surface area contributed by atoms with Crippen molar-refractivity contribution in [2.75, 3.05) is 14.1 Å². The van der Waals surface area contributed by atoms with Crippen LogP contribution in [-0.2, 0) is 6.54 Å². The molecule has 0 spiro atoms. The molecule has 1 heterocycles. The molecule has 0 aliphatic rings. The number of nitrogens with one attached hydrogen (secondary N) is 1. The fourth-order valence-electron chi connectivity index (χ4n) is 2.26. The van der Waals surface area contributed by atoms with E-state index in [1.54, 1.807) is 38.1 Å². The number of carboxylic acid groups (broad SMARTS) is 1. The molecule has 8 heteroatoms. The van der Waals surface area contributed by atoms with Gasteiger partial charge in [-0.3, -0.25) is 4.79 Å². The van der Waals surface area contributed by atoms with Crippen LogP contribution in [0.3, 0.4) is 0 Å². The minimum Gasteiger partial charge on any atom is -0.477 e. The van der Waals surface area contributed by atoms with E-state index in [4.69, 9.17) is 11.6 Å². The van der Waals surface area contributed by atoms with Crippen molar-refractivity contribution in [3.05, 3.63) is 60.9 Å². The van der Waals surface area contributed by atoms with E-state index in [0.717, 1.165) is 4.57 Å². The number of halogens is 1. The van der Waals surface area contributed by atoms with E-state index in [-0.39, 0.29) is 12.1 Å². The summed E-state index contributed by atoms with van der Waals surface area (Å²) in [5.41, 5.74) is -0.904. The Morgan fingerprint density at radius 1 is 1.35 bits per heavy atom. The lowest BCUT2D eigenvalue weighted by Crippen LogP contribution is -2.40. The molecule has 0 radical (unpaired) electrons. The molecule has 1 aromatic heterocycles. The summed E-state index contributed by atoms with van der Waals surface area (Å²) in [6.07, 6.45) is 0. The highest BCUT2D eigenvalue weighted by Gasteiger charge is 2.21. The Bertz CT molecular complexity index is 883. The van der Waals surface area contributed by atoms with Crippen molar-refractivity contribution in [1.29, 1.82) is 0 Å². The average molecular weight is 338 g/mol. The first-order valence-corrected chi connectivity index (χ1v) is 7.13. The molecule has 0 saturated carbocycles. The fraction of sp³-hybridized carbons (Fsp3) is 0.267. The average Bonchev–Trinajstić information content (AvgIpc) is 2.44. The summed E-state index contributed by atoms with van der Waals surface area (Å²) >= 11 is 5.95. The molecule has 0 saturated heterocycles. The van der Waals surface area contributed by atoms with E-state index in [2.05, 4.69) is 4.98 Å². The van der Waals surface area contributed by atoms with Crippen molar-refractivity contribution in [2.24, 2.45) is 0 Å². The van der Waals surface area contributed by atoms with Gasteiger partial charge < -0.3 is 15.0 Å². The van der Waals surface area contributed by atoms with Gasteiger partial charge in [0.2, 0.25) is 0 Å². The Labute approximate surface area is 136 Å². The monoisotopic (exact) mass is 337 g/mol. The number of aromatic carboxylic acids is 1. The molecule has 1 aromatic carbocycles. The first-order chi connectivity index (χ1) is 10.7. The van der Waals surface area contributed by atoms with E-state index in [9.17, 15) is 19.5 Å². The predicted molar refractivity (Wildman–Crippen MR) is 86.8 cm³/mol. The van der Waals surface area contributed by atoms with E-state index >= 15 is 0 Å². The summed E-state index contributed by atoms with van der Waals surface area (Å²) in [7, 11) is 3.40. The third kappa shape index (κ3) is 3.35. The van der Waals surface area contributed by atoms with Crippen LogP contribution >= 0.6 is 11.6 Å². The number of hydrogen-bond acceptors (Lipinski definition) is 4. The van der Waals surface area contributed by atoms with Crippen LogP contribution in [-0.4, -0.2) is 39.6 Å². The lowest BCUT2D eigenvalue weighted by Gasteiger charge is -2.15. The van der Waals surface area contributed by atoms with Gasteiger partial charge in [0.15, 0.2) is 0 Å². The van der Waals surface area contributed by atoms with Crippen molar-refractivity contribution in [3.8, 4) is 5.69 Å². The van der Waals surface area contributed by atoms with Crippen LogP contribution < -0.4 is 11.2 Å². The van der Waals surface area contributed by atoms with Gasteiger partial charge in [-0.2, -0.15) is 0 Å². The fourth-order valence-corrected chi connectivity index (χ4v) is 2.43. The van der Waals surface area contributed by atoms with Crippen molar-refractivity contribution in [2.45, 2.75) is 13.5 Å². The number of hydrogen-bond donors (Lipinski definition) is 2. The quantitative estimate of drug-likeness (QED) is 0.875. The molecule has 0 aliphatic carbocycles. The van der Waals surface area contributed by atoms with Crippen LogP contribution in [0.15, 0.2) is 27.8 Å². The van der Waals surface area contributed by atoms with Gasteiger partial charge in [0.1, 0.15) is 5.69 Å². The number of carbonyl (C=O) groups is 1. The molecule has 0 bridgehead atoms. The highest BCUT2D eigenvalue weighted by Crippen LogP contribution is 2.17. The summed E-state index contributed by atoms with van der Waals surface area (Å²) in [6, 6.07) is 4.82. The molecule has 2 N–H and O–H groups in total. The number of aromatic amines is 1. The summed E-state index contributed by atoms with van der Waals surface area (Å²) in [5, 5.41) is 9.60. The lowest BCUT2D eigenvalue weighted by molar-refractivity contribution is 0.0687. The number of nitrogens with zero attached hydrogens (tertiary/aromatic N) is 2. The van der Waals surface area contributed by atoms with Crippen LogP contribution in [0, 0.1) is 6.92 Å². The molecule has 7 nitrogen and oxygen atoms in total. The van der Waals surface area contributed by atoms with Gasteiger partial charge in [-0.25, -0.2) is 14.2 Å². The summed E-state index contributed by atoms with van der Waals surface area (Å²) in [5.74, 6) is -1.36. The van der Waals surface area contributed by atoms with Crippen LogP contribution in [0.25, 0.3) is 5.69 Å². The second-order valence-corrected chi connectivity index (χ2v) is 5.83. The first-order valence-electron chi connectivity index (χ1n) is 6.75. The second kappa shape index (κ2) is 6.39. The third-order valence-corrected chi connectivity index (χ3v) is 3.53. The summed E-state index contributed by atoms with van der Waals surface area (Å²) in [4.78, 5) is 40.2. The number of rotatable bonds is 4. The van der Waals surface area contributed by atoms with Gasteiger partial charge in [0.05, 0.1) is 11.3 Å². The third-order valence-electron chi connectivity index (χ3n) is 3.30. The van der Waals surface area contributed by atoms with E-state index in [0.29, 0.717) is 16.3 Å². The molecule has 0 atom stereocenters. The van der Waals surface area contributed by atoms with Crippen molar-refractivity contribution in [1.82, 2.24) is 14.5 Å². The largest absolute Gasteiger partial charge is 0.477 e. The Kier molecular flexibility index (Phi) is 4.72. The van der Waals surface area contributed by atoms with Crippen molar-refractivity contribution < 1.29 is 9.90 Å². The lowest BCUT2D eigenvalue weighted by atomic mass is 10.1. The highest BCUT2D eigenvalue weighted by molar-refractivity contribution is 6.30. The summed E-state index contributed by atoms with van der Waals surface area (Å²) in [6.45, 7) is 1.81. The topological polar surface area (TPSA) is 95.4 Å². The van der Waals surface area contributed by atoms with Gasteiger partial charge in [0, 0.05) is 11.6 Å². The Hall–Kier alpha value is -2.38. The van der Waals surface area contributed by atoms with Crippen molar-refractivity contribution >= 4 is 17.6 Å². The molecular weight excluding hydrogens is 322 g/mol. The zero-order valence-corrected chi connectivity index (χ0v) is 13.6. The standard InChI is InChI=1S/C15H16ClN3O4/c1-8-4-5-9(16)6-11(8)19-13(20)10(7-18(2)3)12(14(21)22)17-15(19)23/h4-6H,7H2,1-3H3,(H,17,23)(H,21,22). The molecule has 0 amide bonds. The normalized spacial score (nSPS) is 11.0. The Morgan fingerprint density at radius 3 is 2.57 bits per heavy atom. The number of aryl methyl sites for hydroxylation is 1. The molecule has 2 aromatic rings. The number of aromatic nitrogens is 2. The molecule has 0 unspecified atom stereocenters. The van der Waals surface area contributed by atoms with Gasteiger partial charge in [-0.1, -0.05) is 17.7 Å². The van der Waals surface area contributed by atoms with Gasteiger partial charge >= 0.3 is 11.7 Å². The van der Waals surface area contributed by atoms with Crippen LogP contribution in [0.2, 0.25) is 5.02 Å². The molecule has 0 aliphatic heterocycles. The smallest absolute Gasteiger partial charge is 0.352 e.